The van der Waals surface area contributed by atoms with E-state index in [1.807, 2.05) is 42.5 Å². The molecule has 4 rings (SSSR count). The van der Waals surface area contributed by atoms with E-state index in [0.717, 1.165) is 30.0 Å². The van der Waals surface area contributed by atoms with Crippen molar-refractivity contribution < 1.29 is 13.9 Å². The van der Waals surface area contributed by atoms with Crippen molar-refractivity contribution in [2.45, 2.75) is 25.4 Å². The monoisotopic (exact) mass is 421 g/mol. The summed E-state index contributed by atoms with van der Waals surface area (Å²) < 4.78 is 11.1. The fourth-order valence-electron chi connectivity index (χ4n) is 3.78. The number of methoxy groups -OCH3 is 1. The summed E-state index contributed by atoms with van der Waals surface area (Å²) >= 11 is 5.61. The Hall–Kier alpha value is -3.19. The van der Waals surface area contributed by atoms with Crippen LogP contribution < -0.4 is 5.32 Å². The second kappa shape index (κ2) is 8.67. The van der Waals surface area contributed by atoms with Crippen LogP contribution >= 0.6 is 12.2 Å². The molecule has 2 atom stereocenters. The van der Waals surface area contributed by atoms with Gasteiger partial charge in [0.2, 0.25) is 0 Å². The number of furan rings is 1. The average Bonchev–Trinajstić information content (AvgIpc) is 3.39. The van der Waals surface area contributed by atoms with Gasteiger partial charge in [0.05, 0.1) is 24.4 Å². The topological polar surface area (TPSA) is 67.6 Å². The van der Waals surface area contributed by atoms with Crippen LogP contribution in [0.2, 0.25) is 0 Å². The molecule has 1 saturated heterocycles. The molecule has 30 heavy (non-hydrogen) atoms. The minimum absolute atomic E-state index is 0.106. The standard InChI is InChI=1S/C23H23N3O3S/c1-3-13-26-21(20(25-23(26)30)17-9-4-5-12-24-17)19-11-10-18(29-19)15-7-6-8-16(14-15)22(27)28-2/h4-12,14,20-21H,3,13H2,1-2H3,(H,25,30)/t20-,21+/m1/s1. The van der Waals surface area contributed by atoms with Crippen LogP contribution in [0.4, 0.5) is 0 Å². The lowest BCUT2D eigenvalue weighted by Gasteiger charge is -2.25. The number of hydrogen-bond donors (Lipinski definition) is 1. The highest BCUT2D eigenvalue weighted by Crippen LogP contribution is 2.40. The highest BCUT2D eigenvalue weighted by atomic mass is 32.1. The zero-order valence-electron chi connectivity index (χ0n) is 16.9. The number of pyridine rings is 1. The summed E-state index contributed by atoms with van der Waals surface area (Å²) in [5.41, 5.74) is 2.21. The molecule has 3 heterocycles. The number of hydrogen-bond acceptors (Lipinski definition) is 5. The lowest BCUT2D eigenvalue weighted by molar-refractivity contribution is 0.0601. The molecule has 0 spiro atoms. The number of thiocarbonyl (C=S) groups is 1. The van der Waals surface area contributed by atoms with Gasteiger partial charge in [-0.05, 0) is 55.0 Å². The van der Waals surface area contributed by atoms with Gasteiger partial charge < -0.3 is 19.4 Å². The summed E-state index contributed by atoms with van der Waals surface area (Å²) in [5.74, 6) is 1.10. The molecule has 0 bridgehead atoms. The fourth-order valence-corrected chi connectivity index (χ4v) is 4.11. The summed E-state index contributed by atoms with van der Waals surface area (Å²) in [6.45, 7) is 2.94. The zero-order chi connectivity index (χ0) is 21.1. The van der Waals surface area contributed by atoms with E-state index in [1.54, 1.807) is 18.3 Å². The van der Waals surface area contributed by atoms with Gasteiger partial charge in [-0.15, -0.1) is 0 Å². The maximum Gasteiger partial charge on any atom is 0.337 e. The minimum atomic E-state index is -0.377. The van der Waals surface area contributed by atoms with Crippen LogP contribution in [0.25, 0.3) is 11.3 Å². The number of ether oxygens (including phenoxy) is 1. The van der Waals surface area contributed by atoms with Crippen molar-refractivity contribution in [2.24, 2.45) is 0 Å². The number of nitrogens with one attached hydrogen (secondary N) is 1. The first-order chi connectivity index (χ1) is 14.6. The van der Waals surface area contributed by atoms with E-state index in [-0.39, 0.29) is 18.1 Å². The second-order valence-corrected chi connectivity index (χ2v) is 7.48. The van der Waals surface area contributed by atoms with Gasteiger partial charge in [0.25, 0.3) is 0 Å². The molecule has 0 aliphatic carbocycles. The Kier molecular flexibility index (Phi) is 5.81. The van der Waals surface area contributed by atoms with Crippen molar-refractivity contribution in [1.82, 2.24) is 15.2 Å². The molecule has 6 nitrogen and oxygen atoms in total. The number of carbonyl (C=O) groups excluding carboxylic acids is 1. The van der Waals surface area contributed by atoms with Crippen LogP contribution in [0.1, 0.15) is 47.2 Å². The lowest BCUT2D eigenvalue weighted by Crippen LogP contribution is -2.30. The number of esters is 1. The van der Waals surface area contributed by atoms with Gasteiger partial charge in [0.1, 0.15) is 17.6 Å². The molecule has 7 heteroatoms. The number of nitrogens with zero attached hydrogens (tertiary/aromatic N) is 2. The first-order valence-corrected chi connectivity index (χ1v) is 10.3. The fraction of sp³-hybridized carbons (Fsp3) is 0.261. The molecule has 3 aromatic rings. The SMILES string of the molecule is CCCN1C(=S)N[C@H](c2ccccn2)[C@@H]1c1ccc(-c2cccc(C(=O)OC)c2)o1. The minimum Gasteiger partial charge on any atom is -0.465 e. The third-order valence-electron chi connectivity index (χ3n) is 5.15. The Morgan fingerprint density at radius 3 is 2.83 bits per heavy atom. The maximum atomic E-state index is 11.9. The van der Waals surface area contributed by atoms with E-state index in [9.17, 15) is 4.79 Å². The zero-order valence-corrected chi connectivity index (χ0v) is 17.7. The molecule has 0 saturated carbocycles. The van der Waals surface area contributed by atoms with Crippen LogP contribution in [0.15, 0.2) is 65.2 Å². The van der Waals surface area contributed by atoms with Crippen molar-refractivity contribution in [1.29, 1.82) is 0 Å². The van der Waals surface area contributed by atoms with Crippen LogP contribution in [-0.4, -0.2) is 34.6 Å². The molecule has 0 radical (unpaired) electrons. The van der Waals surface area contributed by atoms with Crippen molar-refractivity contribution in [2.75, 3.05) is 13.7 Å². The smallest absolute Gasteiger partial charge is 0.337 e. The lowest BCUT2D eigenvalue weighted by atomic mass is 10.0. The van der Waals surface area contributed by atoms with Crippen LogP contribution in [0, 0.1) is 0 Å². The number of rotatable bonds is 6. The van der Waals surface area contributed by atoms with E-state index in [4.69, 9.17) is 21.4 Å². The Morgan fingerprint density at radius 2 is 2.10 bits per heavy atom. The van der Waals surface area contributed by atoms with Crippen LogP contribution in [-0.2, 0) is 4.74 Å². The van der Waals surface area contributed by atoms with Gasteiger partial charge in [-0.3, -0.25) is 4.98 Å². The predicted molar refractivity (Wildman–Crippen MR) is 118 cm³/mol. The molecule has 1 aliphatic rings. The third-order valence-corrected chi connectivity index (χ3v) is 5.50. The van der Waals surface area contributed by atoms with Crippen molar-refractivity contribution >= 4 is 23.3 Å². The van der Waals surface area contributed by atoms with Crippen molar-refractivity contribution in [3.8, 4) is 11.3 Å². The summed E-state index contributed by atoms with van der Waals surface area (Å²) in [4.78, 5) is 18.6. The van der Waals surface area contributed by atoms with Crippen LogP contribution in [0.5, 0.6) is 0 Å². The molecule has 0 amide bonds. The van der Waals surface area contributed by atoms with Crippen molar-refractivity contribution in [3.63, 3.8) is 0 Å². The molecule has 1 fully saturated rings. The molecule has 2 aromatic heterocycles. The molecule has 1 aromatic carbocycles. The van der Waals surface area contributed by atoms with Gasteiger partial charge in [-0.25, -0.2) is 4.79 Å². The largest absolute Gasteiger partial charge is 0.465 e. The maximum absolute atomic E-state index is 11.9. The normalized spacial score (nSPS) is 18.3. The molecular formula is C23H23N3O3S. The van der Waals surface area contributed by atoms with E-state index < -0.39 is 0 Å². The van der Waals surface area contributed by atoms with Gasteiger partial charge in [0.15, 0.2) is 5.11 Å². The number of carbonyl (C=O) groups is 1. The highest BCUT2D eigenvalue weighted by Gasteiger charge is 2.41. The van der Waals surface area contributed by atoms with Gasteiger partial charge in [0, 0.05) is 18.3 Å². The van der Waals surface area contributed by atoms with E-state index in [2.05, 4.69) is 22.1 Å². The number of benzene rings is 1. The highest BCUT2D eigenvalue weighted by molar-refractivity contribution is 7.80. The van der Waals surface area contributed by atoms with Crippen LogP contribution in [0.3, 0.4) is 0 Å². The summed E-state index contributed by atoms with van der Waals surface area (Å²) in [6, 6.07) is 16.8. The Morgan fingerprint density at radius 1 is 1.23 bits per heavy atom. The third kappa shape index (κ3) is 3.80. The molecule has 1 aliphatic heterocycles. The Balaban J connectivity index is 1.70. The summed E-state index contributed by atoms with van der Waals surface area (Å²) in [6.07, 6.45) is 2.74. The quantitative estimate of drug-likeness (QED) is 0.464. The van der Waals surface area contributed by atoms with Gasteiger partial charge in [-0.2, -0.15) is 0 Å². The summed E-state index contributed by atoms with van der Waals surface area (Å²) in [5, 5.41) is 4.11. The Bertz CT molecular complexity index is 1050. The molecular weight excluding hydrogens is 398 g/mol. The Labute approximate surface area is 180 Å². The van der Waals surface area contributed by atoms with Crippen molar-refractivity contribution in [3.05, 3.63) is 77.8 Å². The molecule has 154 valence electrons. The van der Waals surface area contributed by atoms with E-state index in [0.29, 0.717) is 16.4 Å². The molecule has 1 N–H and O–H groups in total. The van der Waals surface area contributed by atoms with E-state index >= 15 is 0 Å². The first kappa shape index (κ1) is 20.1. The predicted octanol–water partition coefficient (Wildman–Crippen LogP) is 4.51. The molecule has 0 unspecified atom stereocenters. The number of aromatic nitrogens is 1. The summed E-state index contributed by atoms with van der Waals surface area (Å²) in [7, 11) is 1.37. The average molecular weight is 422 g/mol. The van der Waals surface area contributed by atoms with Gasteiger partial charge in [-0.1, -0.05) is 25.1 Å². The van der Waals surface area contributed by atoms with Gasteiger partial charge >= 0.3 is 5.97 Å². The second-order valence-electron chi connectivity index (χ2n) is 7.09. The van der Waals surface area contributed by atoms with E-state index in [1.165, 1.54) is 7.11 Å². The first-order valence-electron chi connectivity index (χ1n) is 9.89.